The molecular formula is C14H20N2O3. The number of nitrogens with one attached hydrogen (secondary N) is 2. The fourth-order valence-electron chi connectivity index (χ4n) is 1.72. The van der Waals surface area contributed by atoms with Gasteiger partial charge < -0.3 is 15.7 Å². The third-order valence-corrected chi connectivity index (χ3v) is 2.99. The van der Waals surface area contributed by atoms with Crippen molar-refractivity contribution >= 4 is 11.8 Å². The smallest absolute Gasteiger partial charge is 0.251 e. The van der Waals surface area contributed by atoms with E-state index in [1.807, 2.05) is 0 Å². The summed E-state index contributed by atoms with van der Waals surface area (Å²) in [6, 6.07) is 4.55. The summed E-state index contributed by atoms with van der Waals surface area (Å²) >= 11 is 0. The normalized spacial score (nSPS) is 10.9. The highest BCUT2D eigenvalue weighted by Crippen LogP contribution is 2.17. The van der Waals surface area contributed by atoms with Gasteiger partial charge in [0, 0.05) is 19.2 Å². The molecule has 1 aromatic rings. The lowest BCUT2D eigenvalue weighted by Gasteiger charge is -2.23. The van der Waals surface area contributed by atoms with Crippen LogP contribution in [0.3, 0.4) is 0 Å². The molecule has 0 aliphatic carbocycles. The highest BCUT2D eigenvalue weighted by Gasteiger charge is 2.27. The molecule has 1 rings (SSSR count). The van der Waals surface area contributed by atoms with Gasteiger partial charge in [-0.3, -0.25) is 9.59 Å². The molecule has 0 aliphatic rings. The van der Waals surface area contributed by atoms with Crippen LogP contribution in [0.25, 0.3) is 0 Å². The average molecular weight is 264 g/mol. The van der Waals surface area contributed by atoms with Gasteiger partial charge in [0.05, 0.1) is 5.41 Å². The average Bonchev–Trinajstić information content (AvgIpc) is 2.35. The molecule has 104 valence electrons. The van der Waals surface area contributed by atoms with E-state index >= 15 is 0 Å². The Morgan fingerprint density at radius 1 is 1.32 bits per heavy atom. The molecule has 0 atom stereocenters. The van der Waals surface area contributed by atoms with Gasteiger partial charge in [0.1, 0.15) is 5.75 Å². The predicted molar refractivity (Wildman–Crippen MR) is 73.0 cm³/mol. The first kappa shape index (κ1) is 15.0. The fraction of sp³-hybridized carbons (Fsp3) is 0.429. The van der Waals surface area contributed by atoms with Crippen LogP contribution >= 0.6 is 0 Å². The van der Waals surface area contributed by atoms with Crippen molar-refractivity contribution in [3.05, 3.63) is 29.3 Å². The van der Waals surface area contributed by atoms with Crippen LogP contribution in [0.15, 0.2) is 18.2 Å². The Morgan fingerprint density at radius 2 is 1.95 bits per heavy atom. The standard InChI is InChI=1S/C14H20N2O3/c1-9-7-10(17)5-6-11(9)12(18)16-8-14(2,3)13(19)15-4/h5-7,17H,8H2,1-4H3,(H,15,19)(H,16,18). The minimum absolute atomic E-state index is 0.125. The van der Waals surface area contributed by atoms with Crippen molar-refractivity contribution in [1.29, 1.82) is 0 Å². The molecule has 0 aromatic heterocycles. The SMILES string of the molecule is CNC(=O)C(C)(C)CNC(=O)c1ccc(O)cc1C. The third-order valence-electron chi connectivity index (χ3n) is 2.99. The lowest BCUT2D eigenvalue weighted by Crippen LogP contribution is -2.43. The number of rotatable bonds is 4. The van der Waals surface area contributed by atoms with Crippen LogP contribution in [-0.2, 0) is 4.79 Å². The van der Waals surface area contributed by atoms with Crippen LogP contribution < -0.4 is 10.6 Å². The minimum atomic E-state index is -0.671. The number of hydrogen-bond donors (Lipinski definition) is 3. The Labute approximate surface area is 113 Å². The quantitative estimate of drug-likeness (QED) is 0.764. The van der Waals surface area contributed by atoms with Gasteiger partial charge in [0.2, 0.25) is 5.91 Å². The number of benzene rings is 1. The molecule has 1 aromatic carbocycles. The Bertz CT molecular complexity index is 495. The highest BCUT2D eigenvalue weighted by atomic mass is 16.3. The summed E-state index contributed by atoms with van der Waals surface area (Å²) in [6.45, 7) is 5.51. The summed E-state index contributed by atoms with van der Waals surface area (Å²) in [5.41, 5.74) is 0.510. The number of phenolic OH excluding ortho intramolecular Hbond substituents is 1. The van der Waals surface area contributed by atoms with E-state index in [1.54, 1.807) is 33.9 Å². The predicted octanol–water partition coefficient (Wildman–Crippen LogP) is 1.20. The van der Waals surface area contributed by atoms with Gasteiger partial charge in [-0.25, -0.2) is 0 Å². The molecule has 3 N–H and O–H groups in total. The zero-order chi connectivity index (χ0) is 14.6. The maximum absolute atomic E-state index is 12.0. The Hall–Kier alpha value is -2.04. The van der Waals surface area contributed by atoms with Gasteiger partial charge in [-0.1, -0.05) is 0 Å². The minimum Gasteiger partial charge on any atom is -0.508 e. The molecule has 0 saturated carbocycles. The maximum atomic E-state index is 12.0. The largest absolute Gasteiger partial charge is 0.508 e. The summed E-state index contributed by atoms with van der Waals surface area (Å²) in [7, 11) is 1.57. The number of aryl methyl sites for hydroxylation is 1. The van der Waals surface area contributed by atoms with Crippen LogP contribution in [0.2, 0.25) is 0 Å². The summed E-state index contributed by atoms with van der Waals surface area (Å²) < 4.78 is 0. The van der Waals surface area contributed by atoms with E-state index in [0.29, 0.717) is 11.1 Å². The van der Waals surface area contributed by atoms with E-state index in [-0.39, 0.29) is 24.1 Å². The molecular weight excluding hydrogens is 244 g/mol. The van der Waals surface area contributed by atoms with Gasteiger partial charge in [-0.15, -0.1) is 0 Å². The highest BCUT2D eigenvalue weighted by molar-refractivity contribution is 5.96. The molecule has 0 aliphatic heterocycles. The molecule has 0 heterocycles. The van der Waals surface area contributed by atoms with Crippen LogP contribution in [0.5, 0.6) is 5.75 Å². The number of carbonyl (C=O) groups is 2. The van der Waals surface area contributed by atoms with E-state index in [9.17, 15) is 14.7 Å². The number of phenols is 1. The lowest BCUT2D eigenvalue weighted by atomic mass is 9.92. The molecule has 0 bridgehead atoms. The molecule has 0 saturated heterocycles. The number of carbonyl (C=O) groups excluding carboxylic acids is 2. The van der Waals surface area contributed by atoms with E-state index in [0.717, 1.165) is 0 Å². The summed E-state index contributed by atoms with van der Waals surface area (Å²) in [5, 5.41) is 14.6. The summed E-state index contributed by atoms with van der Waals surface area (Å²) in [6.07, 6.45) is 0. The van der Waals surface area contributed by atoms with Crippen molar-refractivity contribution < 1.29 is 14.7 Å². The van der Waals surface area contributed by atoms with Gasteiger partial charge in [0.25, 0.3) is 5.91 Å². The second-order valence-electron chi connectivity index (χ2n) is 5.14. The molecule has 0 fully saturated rings. The molecule has 0 radical (unpaired) electrons. The Kier molecular flexibility index (Phi) is 4.53. The fourth-order valence-corrected chi connectivity index (χ4v) is 1.72. The van der Waals surface area contributed by atoms with E-state index in [2.05, 4.69) is 10.6 Å². The third kappa shape index (κ3) is 3.71. The Balaban J connectivity index is 2.73. The molecule has 5 nitrogen and oxygen atoms in total. The van der Waals surface area contributed by atoms with Crippen molar-refractivity contribution in [3.8, 4) is 5.75 Å². The second-order valence-corrected chi connectivity index (χ2v) is 5.14. The van der Waals surface area contributed by atoms with E-state index in [1.165, 1.54) is 12.1 Å². The van der Waals surface area contributed by atoms with Crippen LogP contribution in [0.1, 0.15) is 29.8 Å². The summed E-state index contributed by atoms with van der Waals surface area (Å²) in [4.78, 5) is 23.6. The maximum Gasteiger partial charge on any atom is 0.251 e. The van der Waals surface area contributed by atoms with Crippen molar-refractivity contribution in [2.75, 3.05) is 13.6 Å². The van der Waals surface area contributed by atoms with Crippen molar-refractivity contribution in [2.24, 2.45) is 5.41 Å². The van der Waals surface area contributed by atoms with Crippen molar-refractivity contribution in [3.63, 3.8) is 0 Å². The molecule has 0 spiro atoms. The first-order chi connectivity index (χ1) is 8.77. The molecule has 5 heteroatoms. The summed E-state index contributed by atoms with van der Waals surface area (Å²) in [5.74, 6) is -0.260. The Morgan fingerprint density at radius 3 is 2.47 bits per heavy atom. The monoisotopic (exact) mass is 264 g/mol. The van der Waals surface area contributed by atoms with Crippen LogP contribution in [0, 0.1) is 12.3 Å². The zero-order valence-electron chi connectivity index (χ0n) is 11.7. The molecule has 0 unspecified atom stereocenters. The number of aromatic hydroxyl groups is 1. The topological polar surface area (TPSA) is 78.4 Å². The first-order valence-corrected chi connectivity index (χ1v) is 6.08. The van der Waals surface area contributed by atoms with Crippen LogP contribution in [-0.4, -0.2) is 30.5 Å². The molecule has 19 heavy (non-hydrogen) atoms. The number of hydrogen-bond acceptors (Lipinski definition) is 3. The van der Waals surface area contributed by atoms with Gasteiger partial charge >= 0.3 is 0 Å². The van der Waals surface area contributed by atoms with Crippen LogP contribution in [0.4, 0.5) is 0 Å². The van der Waals surface area contributed by atoms with Crippen molar-refractivity contribution in [2.45, 2.75) is 20.8 Å². The van der Waals surface area contributed by atoms with Gasteiger partial charge in [0.15, 0.2) is 0 Å². The number of amides is 2. The second kappa shape index (κ2) is 5.73. The van der Waals surface area contributed by atoms with E-state index in [4.69, 9.17) is 0 Å². The lowest BCUT2D eigenvalue weighted by molar-refractivity contribution is -0.128. The first-order valence-electron chi connectivity index (χ1n) is 6.08. The van der Waals surface area contributed by atoms with Gasteiger partial charge in [-0.05, 0) is 44.5 Å². The van der Waals surface area contributed by atoms with Crippen molar-refractivity contribution in [1.82, 2.24) is 10.6 Å². The van der Waals surface area contributed by atoms with Gasteiger partial charge in [-0.2, -0.15) is 0 Å². The zero-order valence-corrected chi connectivity index (χ0v) is 11.7. The molecule has 2 amide bonds. The van der Waals surface area contributed by atoms with E-state index < -0.39 is 5.41 Å².